The van der Waals surface area contributed by atoms with Crippen molar-refractivity contribution < 1.29 is 9.53 Å². The van der Waals surface area contributed by atoms with E-state index in [9.17, 15) is 4.79 Å². The Morgan fingerprint density at radius 3 is 2.38 bits per heavy atom. The van der Waals surface area contributed by atoms with Crippen LogP contribution in [0.1, 0.15) is 29.8 Å². The van der Waals surface area contributed by atoms with E-state index in [0.717, 1.165) is 16.9 Å². The molecule has 0 saturated heterocycles. The summed E-state index contributed by atoms with van der Waals surface area (Å²) in [6, 6.07) is 17.6. The molecule has 0 spiro atoms. The Hall–Kier alpha value is -2.09. The van der Waals surface area contributed by atoms with Crippen molar-refractivity contribution in [1.29, 1.82) is 0 Å². The van der Waals surface area contributed by atoms with E-state index in [1.54, 1.807) is 0 Å². The van der Waals surface area contributed by atoms with Crippen LogP contribution in [0, 0.1) is 17.8 Å². The minimum atomic E-state index is 0.189. The van der Waals surface area contributed by atoms with Crippen molar-refractivity contribution in [1.82, 2.24) is 0 Å². The zero-order valence-corrected chi connectivity index (χ0v) is 12.5. The zero-order chi connectivity index (χ0) is 14.8. The SMILES string of the molecule is CC1C(C)C1C(=O)c1cccc(OCc2ccccc2)c1. The van der Waals surface area contributed by atoms with E-state index in [4.69, 9.17) is 4.74 Å². The molecule has 1 aliphatic carbocycles. The summed E-state index contributed by atoms with van der Waals surface area (Å²) >= 11 is 0. The third kappa shape index (κ3) is 2.99. The van der Waals surface area contributed by atoms with Gasteiger partial charge in [-0.15, -0.1) is 0 Å². The Balaban J connectivity index is 1.67. The number of hydrogen-bond acceptors (Lipinski definition) is 2. The lowest BCUT2D eigenvalue weighted by Gasteiger charge is -2.08. The third-order valence-electron chi connectivity index (χ3n) is 4.49. The maximum Gasteiger partial charge on any atom is 0.166 e. The molecule has 2 aromatic rings. The summed E-state index contributed by atoms with van der Waals surface area (Å²) in [5.41, 5.74) is 1.89. The van der Waals surface area contributed by atoms with Crippen molar-refractivity contribution in [3.05, 3.63) is 65.7 Å². The van der Waals surface area contributed by atoms with Crippen LogP contribution in [0.4, 0.5) is 0 Å². The predicted octanol–water partition coefficient (Wildman–Crippen LogP) is 4.35. The van der Waals surface area contributed by atoms with Gasteiger partial charge in [0.15, 0.2) is 5.78 Å². The lowest BCUT2D eigenvalue weighted by molar-refractivity contribution is 0.0957. The van der Waals surface area contributed by atoms with Gasteiger partial charge in [-0.2, -0.15) is 0 Å². The van der Waals surface area contributed by atoms with Gasteiger partial charge in [-0.25, -0.2) is 0 Å². The second kappa shape index (κ2) is 5.72. The second-order valence-electron chi connectivity index (χ2n) is 5.91. The number of Topliss-reactive ketones (excluding diaryl/α,β-unsaturated/α-hetero) is 1. The van der Waals surface area contributed by atoms with E-state index in [1.165, 1.54) is 0 Å². The molecular formula is C19H20O2. The van der Waals surface area contributed by atoms with Gasteiger partial charge in [0.1, 0.15) is 12.4 Å². The van der Waals surface area contributed by atoms with Crippen LogP contribution >= 0.6 is 0 Å². The number of carbonyl (C=O) groups excluding carboxylic acids is 1. The molecule has 0 bridgehead atoms. The van der Waals surface area contributed by atoms with E-state index in [1.807, 2.05) is 54.6 Å². The molecule has 0 amide bonds. The zero-order valence-electron chi connectivity index (χ0n) is 12.5. The van der Waals surface area contributed by atoms with Gasteiger partial charge in [-0.05, 0) is 29.5 Å². The monoisotopic (exact) mass is 280 g/mol. The molecule has 108 valence electrons. The van der Waals surface area contributed by atoms with Crippen molar-refractivity contribution in [3.8, 4) is 5.75 Å². The maximum absolute atomic E-state index is 12.4. The average Bonchev–Trinajstić information content (AvgIpc) is 3.13. The van der Waals surface area contributed by atoms with Crippen LogP contribution in [0.2, 0.25) is 0 Å². The molecule has 2 nitrogen and oxygen atoms in total. The minimum absolute atomic E-state index is 0.189. The molecule has 2 aromatic carbocycles. The molecule has 0 N–H and O–H groups in total. The van der Waals surface area contributed by atoms with Gasteiger partial charge in [-0.1, -0.05) is 56.3 Å². The minimum Gasteiger partial charge on any atom is -0.489 e. The van der Waals surface area contributed by atoms with Gasteiger partial charge < -0.3 is 4.74 Å². The normalized spacial score (nSPS) is 23.6. The first-order chi connectivity index (χ1) is 10.2. The number of ketones is 1. The van der Waals surface area contributed by atoms with Crippen molar-refractivity contribution in [3.63, 3.8) is 0 Å². The smallest absolute Gasteiger partial charge is 0.166 e. The van der Waals surface area contributed by atoms with Crippen LogP contribution < -0.4 is 4.74 Å². The molecule has 0 aromatic heterocycles. The summed E-state index contributed by atoms with van der Waals surface area (Å²) in [5.74, 6) is 2.21. The number of carbonyl (C=O) groups is 1. The van der Waals surface area contributed by atoms with Crippen molar-refractivity contribution in [2.24, 2.45) is 17.8 Å². The lowest BCUT2D eigenvalue weighted by Crippen LogP contribution is -2.04. The summed E-state index contributed by atoms with van der Waals surface area (Å²) in [6.07, 6.45) is 0. The van der Waals surface area contributed by atoms with Crippen LogP contribution in [0.15, 0.2) is 54.6 Å². The fraction of sp³-hybridized carbons (Fsp3) is 0.316. The Morgan fingerprint density at radius 1 is 1.00 bits per heavy atom. The predicted molar refractivity (Wildman–Crippen MR) is 83.4 cm³/mol. The highest BCUT2D eigenvalue weighted by atomic mass is 16.5. The van der Waals surface area contributed by atoms with Gasteiger partial charge >= 0.3 is 0 Å². The lowest BCUT2D eigenvalue weighted by atomic mass is 10.1. The van der Waals surface area contributed by atoms with Gasteiger partial charge in [0, 0.05) is 11.5 Å². The summed E-state index contributed by atoms with van der Waals surface area (Å²) in [4.78, 5) is 12.4. The highest BCUT2D eigenvalue weighted by Crippen LogP contribution is 2.47. The molecule has 2 heteroatoms. The number of hydrogen-bond donors (Lipinski definition) is 0. The first-order valence-electron chi connectivity index (χ1n) is 7.48. The van der Waals surface area contributed by atoms with Gasteiger partial charge in [0.05, 0.1) is 0 Å². The van der Waals surface area contributed by atoms with Crippen LogP contribution in [0.25, 0.3) is 0 Å². The van der Waals surface area contributed by atoms with Crippen LogP contribution in [0.5, 0.6) is 5.75 Å². The molecule has 0 aliphatic heterocycles. The van der Waals surface area contributed by atoms with E-state index >= 15 is 0 Å². The Bertz CT molecular complexity index is 625. The molecule has 2 unspecified atom stereocenters. The largest absolute Gasteiger partial charge is 0.489 e. The fourth-order valence-corrected chi connectivity index (χ4v) is 2.81. The molecule has 0 radical (unpaired) electrons. The maximum atomic E-state index is 12.4. The first kappa shape index (κ1) is 13.9. The van der Waals surface area contributed by atoms with Gasteiger partial charge in [-0.3, -0.25) is 4.79 Å². The second-order valence-corrected chi connectivity index (χ2v) is 5.91. The van der Waals surface area contributed by atoms with E-state index in [-0.39, 0.29) is 11.7 Å². The molecule has 1 fully saturated rings. The van der Waals surface area contributed by atoms with Crippen molar-refractivity contribution in [2.45, 2.75) is 20.5 Å². The van der Waals surface area contributed by atoms with Crippen LogP contribution in [-0.2, 0) is 6.61 Å². The molecule has 21 heavy (non-hydrogen) atoms. The van der Waals surface area contributed by atoms with E-state index in [2.05, 4.69) is 13.8 Å². The molecular weight excluding hydrogens is 260 g/mol. The third-order valence-corrected chi connectivity index (χ3v) is 4.49. The van der Waals surface area contributed by atoms with Crippen molar-refractivity contribution in [2.75, 3.05) is 0 Å². The summed E-state index contributed by atoms with van der Waals surface area (Å²) < 4.78 is 5.78. The van der Waals surface area contributed by atoms with Gasteiger partial charge in [0.2, 0.25) is 0 Å². The number of rotatable bonds is 5. The van der Waals surface area contributed by atoms with Crippen LogP contribution in [-0.4, -0.2) is 5.78 Å². The van der Waals surface area contributed by atoms with Crippen LogP contribution in [0.3, 0.4) is 0 Å². The Kier molecular flexibility index (Phi) is 3.78. The van der Waals surface area contributed by atoms with E-state index in [0.29, 0.717) is 18.4 Å². The fourth-order valence-electron chi connectivity index (χ4n) is 2.81. The first-order valence-corrected chi connectivity index (χ1v) is 7.48. The summed E-state index contributed by atoms with van der Waals surface area (Å²) in [5, 5.41) is 0. The highest BCUT2D eigenvalue weighted by molar-refractivity contribution is 6.00. The molecule has 0 heterocycles. The summed E-state index contributed by atoms with van der Waals surface area (Å²) in [7, 11) is 0. The Labute approximate surface area is 125 Å². The molecule has 1 aliphatic rings. The van der Waals surface area contributed by atoms with Crippen molar-refractivity contribution >= 4 is 5.78 Å². The molecule has 1 saturated carbocycles. The standard InChI is InChI=1S/C19H20O2/c1-13-14(2)18(13)19(20)16-9-6-10-17(11-16)21-12-15-7-4-3-5-8-15/h3-11,13-14,18H,12H2,1-2H3. The topological polar surface area (TPSA) is 26.3 Å². The Morgan fingerprint density at radius 2 is 1.71 bits per heavy atom. The molecule has 2 atom stereocenters. The van der Waals surface area contributed by atoms with E-state index < -0.39 is 0 Å². The number of benzene rings is 2. The number of ether oxygens (including phenoxy) is 1. The highest BCUT2D eigenvalue weighted by Gasteiger charge is 2.48. The van der Waals surface area contributed by atoms with Gasteiger partial charge in [0.25, 0.3) is 0 Å². The molecule has 3 rings (SSSR count). The quantitative estimate of drug-likeness (QED) is 0.761. The summed E-state index contributed by atoms with van der Waals surface area (Å²) in [6.45, 7) is 4.81. The average molecular weight is 280 g/mol.